The van der Waals surface area contributed by atoms with Crippen LogP contribution in [0.1, 0.15) is 21.7 Å². The first-order chi connectivity index (χ1) is 16.2. The van der Waals surface area contributed by atoms with E-state index in [-0.39, 0.29) is 22.2 Å². The van der Waals surface area contributed by atoms with Gasteiger partial charge in [-0.15, -0.1) is 11.3 Å². The van der Waals surface area contributed by atoms with Crippen LogP contribution >= 0.6 is 11.3 Å². The van der Waals surface area contributed by atoms with E-state index < -0.39 is 22.7 Å². The number of carbonyl (C=O) groups is 1. The van der Waals surface area contributed by atoms with Crippen LogP contribution in [0.15, 0.2) is 71.1 Å². The Balaban J connectivity index is 1.53. The fourth-order valence-electron chi connectivity index (χ4n) is 2.85. The Labute approximate surface area is 193 Å². The third kappa shape index (κ3) is 4.99. The number of nitrogens with zero attached hydrogens (tertiary/aromatic N) is 5. The van der Waals surface area contributed by atoms with Crippen molar-refractivity contribution in [1.29, 1.82) is 0 Å². The largest absolute Gasteiger partial charge is 0.433 e. The van der Waals surface area contributed by atoms with Crippen LogP contribution in [-0.4, -0.2) is 31.8 Å². The summed E-state index contributed by atoms with van der Waals surface area (Å²) in [4.78, 5) is 26.4. The van der Waals surface area contributed by atoms with E-state index >= 15 is 0 Å². The van der Waals surface area contributed by atoms with Gasteiger partial charge in [-0.3, -0.25) is 14.9 Å². The lowest BCUT2D eigenvalue weighted by Gasteiger charge is -2.06. The molecule has 1 amide bonds. The second-order valence-electron chi connectivity index (χ2n) is 6.75. The number of non-ortho nitro benzene ring substituents is 1. The molecule has 0 fully saturated rings. The Hall–Kier alpha value is -4.39. The normalized spacial score (nSPS) is 11.6. The summed E-state index contributed by atoms with van der Waals surface area (Å²) in [6.45, 7) is 0. The van der Waals surface area contributed by atoms with Crippen molar-refractivity contribution in [2.24, 2.45) is 5.10 Å². The zero-order valence-electron chi connectivity index (χ0n) is 16.9. The van der Waals surface area contributed by atoms with Gasteiger partial charge in [0.15, 0.2) is 5.69 Å². The van der Waals surface area contributed by atoms with Gasteiger partial charge in [0.25, 0.3) is 11.6 Å². The quantitative estimate of drug-likeness (QED) is 0.241. The molecule has 9 nitrogen and oxygen atoms in total. The van der Waals surface area contributed by atoms with Crippen molar-refractivity contribution in [3.8, 4) is 16.4 Å². The van der Waals surface area contributed by atoms with Gasteiger partial charge in [-0.1, -0.05) is 30.3 Å². The molecule has 2 heterocycles. The molecule has 172 valence electrons. The van der Waals surface area contributed by atoms with Crippen LogP contribution in [-0.2, 0) is 6.18 Å². The third-order valence-corrected chi connectivity index (χ3v) is 5.28. The third-order valence-electron chi connectivity index (χ3n) is 4.46. The molecule has 0 saturated heterocycles. The summed E-state index contributed by atoms with van der Waals surface area (Å²) in [5.41, 5.74) is 2.05. The van der Waals surface area contributed by atoms with Crippen LogP contribution in [0.2, 0.25) is 0 Å². The molecular weight excluding hydrogens is 473 g/mol. The monoisotopic (exact) mass is 486 g/mol. The van der Waals surface area contributed by atoms with Gasteiger partial charge in [0, 0.05) is 23.1 Å². The lowest BCUT2D eigenvalue weighted by Crippen LogP contribution is -2.18. The maximum atomic E-state index is 13.6. The van der Waals surface area contributed by atoms with Crippen LogP contribution in [0, 0.1) is 10.1 Å². The Morgan fingerprint density at radius 2 is 1.85 bits per heavy atom. The van der Waals surface area contributed by atoms with E-state index in [1.165, 1.54) is 35.9 Å². The number of amides is 1. The van der Waals surface area contributed by atoms with Gasteiger partial charge in [0.2, 0.25) is 5.13 Å². The fourth-order valence-corrected chi connectivity index (χ4v) is 3.62. The SMILES string of the molecule is O=C(NN=Cc1ccc([N+](=O)[O-])cc1)c1csc(-n2nc(-c3ccccc3)cc2C(F)(F)F)n1. The molecule has 2 aromatic heterocycles. The van der Waals surface area contributed by atoms with Crippen molar-refractivity contribution in [2.75, 3.05) is 0 Å². The number of nitro benzene ring substituents is 1. The molecule has 0 unspecified atom stereocenters. The second-order valence-corrected chi connectivity index (χ2v) is 7.59. The first kappa shape index (κ1) is 22.8. The molecule has 0 aliphatic carbocycles. The highest BCUT2D eigenvalue weighted by Gasteiger charge is 2.37. The number of hydrazone groups is 1. The predicted molar refractivity (Wildman–Crippen MR) is 118 cm³/mol. The number of nitro groups is 1. The number of rotatable bonds is 6. The maximum absolute atomic E-state index is 13.6. The summed E-state index contributed by atoms with van der Waals surface area (Å²) < 4.78 is 41.5. The highest BCUT2D eigenvalue weighted by molar-refractivity contribution is 7.12. The summed E-state index contributed by atoms with van der Waals surface area (Å²) in [7, 11) is 0. The Kier molecular flexibility index (Phi) is 6.19. The minimum absolute atomic E-state index is 0.0940. The fraction of sp³-hybridized carbons (Fsp3) is 0.0476. The summed E-state index contributed by atoms with van der Waals surface area (Å²) in [6, 6.07) is 14.7. The standard InChI is InChI=1S/C21H13F3N6O3S/c22-21(23,24)18-10-16(14-4-2-1-3-5-14)28-29(18)20-26-17(12-34-20)19(31)27-25-11-13-6-8-15(9-7-13)30(32)33/h1-12H,(H,27,31). The van der Waals surface area contributed by atoms with Gasteiger partial charge in [0.1, 0.15) is 5.69 Å². The number of halogens is 3. The van der Waals surface area contributed by atoms with Crippen molar-refractivity contribution in [2.45, 2.75) is 6.18 Å². The van der Waals surface area contributed by atoms with Crippen LogP contribution in [0.25, 0.3) is 16.4 Å². The first-order valence-corrected chi connectivity index (χ1v) is 10.4. The zero-order valence-corrected chi connectivity index (χ0v) is 17.7. The van der Waals surface area contributed by atoms with E-state index in [0.717, 1.165) is 17.4 Å². The number of carbonyl (C=O) groups excluding carboxylic acids is 1. The molecule has 13 heteroatoms. The van der Waals surface area contributed by atoms with E-state index in [1.54, 1.807) is 30.3 Å². The molecule has 1 N–H and O–H groups in total. The summed E-state index contributed by atoms with van der Waals surface area (Å²) in [6.07, 6.45) is -3.43. The Bertz CT molecular complexity index is 1360. The van der Waals surface area contributed by atoms with Crippen molar-refractivity contribution >= 4 is 29.1 Å². The minimum Gasteiger partial charge on any atom is -0.266 e. The van der Waals surface area contributed by atoms with Crippen molar-refractivity contribution in [3.05, 3.63) is 93.1 Å². The van der Waals surface area contributed by atoms with Crippen molar-refractivity contribution in [1.82, 2.24) is 20.2 Å². The van der Waals surface area contributed by atoms with E-state index in [1.807, 2.05) is 0 Å². The molecule has 0 bridgehead atoms. The van der Waals surface area contributed by atoms with Gasteiger partial charge in [0.05, 0.1) is 16.8 Å². The van der Waals surface area contributed by atoms with E-state index in [9.17, 15) is 28.1 Å². The smallest absolute Gasteiger partial charge is 0.266 e. The number of thiazole rings is 1. The van der Waals surface area contributed by atoms with Crippen molar-refractivity contribution in [3.63, 3.8) is 0 Å². The van der Waals surface area contributed by atoms with Gasteiger partial charge >= 0.3 is 6.18 Å². The molecule has 4 aromatic rings. The van der Waals surface area contributed by atoms with Crippen LogP contribution < -0.4 is 5.43 Å². The van der Waals surface area contributed by atoms with Gasteiger partial charge in [-0.05, 0) is 23.8 Å². The number of nitrogens with one attached hydrogen (secondary N) is 1. The highest BCUT2D eigenvalue weighted by Crippen LogP contribution is 2.34. The van der Waals surface area contributed by atoms with E-state index in [4.69, 9.17) is 0 Å². The molecule has 0 aliphatic heterocycles. The minimum atomic E-state index is -4.69. The van der Waals surface area contributed by atoms with Crippen LogP contribution in [0.3, 0.4) is 0 Å². The average molecular weight is 486 g/mol. The molecular formula is C21H13F3N6O3S. The summed E-state index contributed by atoms with van der Waals surface area (Å²) in [5, 5.41) is 19.6. The van der Waals surface area contributed by atoms with Gasteiger partial charge in [-0.25, -0.2) is 15.1 Å². The lowest BCUT2D eigenvalue weighted by atomic mass is 10.1. The Morgan fingerprint density at radius 1 is 1.15 bits per heavy atom. The van der Waals surface area contributed by atoms with E-state index in [2.05, 4.69) is 20.6 Å². The second kappa shape index (κ2) is 9.23. The van der Waals surface area contributed by atoms with Crippen LogP contribution in [0.4, 0.5) is 18.9 Å². The summed E-state index contributed by atoms with van der Waals surface area (Å²) >= 11 is 0.817. The lowest BCUT2D eigenvalue weighted by molar-refractivity contribution is -0.384. The molecule has 0 aliphatic rings. The molecule has 2 aromatic carbocycles. The van der Waals surface area contributed by atoms with E-state index in [0.29, 0.717) is 15.8 Å². The Morgan fingerprint density at radius 3 is 2.50 bits per heavy atom. The first-order valence-electron chi connectivity index (χ1n) is 9.49. The summed E-state index contributed by atoms with van der Waals surface area (Å²) in [5.74, 6) is -0.746. The number of hydrogen-bond acceptors (Lipinski definition) is 7. The molecule has 0 spiro atoms. The zero-order chi connectivity index (χ0) is 24.3. The number of aromatic nitrogens is 3. The molecule has 4 rings (SSSR count). The molecule has 0 saturated carbocycles. The van der Waals surface area contributed by atoms with Crippen molar-refractivity contribution < 1.29 is 22.9 Å². The topological polar surface area (TPSA) is 115 Å². The number of hydrogen-bond donors (Lipinski definition) is 1. The number of benzene rings is 2. The number of alkyl halides is 3. The van der Waals surface area contributed by atoms with Gasteiger partial charge in [-0.2, -0.15) is 23.4 Å². The molecule has 34 heavy (non-hydrogen) atoms. The van der Waals surface area contributed by atoms with Crippen LogP contribution in [0.5, 0.6) is 0 Å². The highest BCUT2D eigenvalue weighted by atomic mass is 32.1. The van der Waals surface area contributed by atoms with Gasteiger partial charge < -0.3 is 0 Å². The molecule has 0 radical (unpaired) electrons. The predicted octanol–water partition coefficient (Wildman–Crippen LogP) is 4.69. The average Bonchev–Trinajstić information content (AvgIpc) is 3.47. The molecule has 0 atom stereocenters. The maximum Gasteiger partial charge on any atom is 0.433 e.